The smallest absolute Gasteiger partial charge is 0.260 e. The molecule has 1 aromatic carbocycles. The normalized spacial score (nSPS) is 11.9. The molecule has 18 heavy (non-hydrogen) atoms. The maximum absolute atomic E-state index is 11.7. The second-order valence-corrected chi connectivity index (χ2v) is 4.06. The number of hydrogen-bond acceptors (Lipinski definition) is 4. The van der Waals surface area contributed by atoms with Crippen molar-refractivity contribution in [3.8, 4) is 5.75 Å². The van der Waals surface area contributed by atoms with Crippen LogP contribution in [0.5, 0.6) is 5.75 Å². The minimum atomic E-state index is -0.551. The van der Waals surface area contributed by atoms with Crippen LogP contribution in [0.3, 0.4) is 0 Å². The van der Waals surface area contributed by atoms with Gasteiger partial charge in [-0.3, -0.25) is 4.79 Å². The molecule has 1 atom stereocenters. The predicted molar refractivity (Wildman–Crippen MR) is 70.6 cm³/mol. The average Bonchev–Trinajstić information content (AvgIpc) is 2.34. The quantitative estimate of drug-likeness (QED) is 0.587. The molecule has 0 fully saturated rings. The summed E-state index contributed by atoms with van der Waals surface area (Å²) in [4.78, 5) is 11.7. The van der Waals surface area contributed by atoms with Gasteiger partial charge in [0, 0.05) is 19.3 Å². The maximum Gasteiger partial charge on any atom is 0.260 e. The van der Waals surface area contributed by atoms with Crippen molar-refractivity contribution >= 4 is 11.6 Å². The monoisotopic (exact) mass is 252 g/mol. The van der Waals surface area contributed by atoms with Crippen molar-refractivity contribution in [3.05, 3.63) is 23.8 Å². The third-order valence-corrected chi connectivity index (χ3v) is 2.53. The molecule has 0 saturated carbocycles. The number of methoxy groups -OCH3 is 1. The number of rotatable bonds is 6. The summed E-state index contributed by atoms with van der Waals surface area (Å²) in [5.41, 5.74) is 7.35. The first-order valence-electron chi connectivity index (χ1n) is 5.84. The van der Waals surface area contributed by atoms with Crippen LogP contribution in [0.4, 0.5) is 5.69 Å². The molecule has 0 bridgehead atoms. The zero-order chi connectivity index (χ0) is 13.5. The van der Waals surface area contributed by atoms with Crippen molar-refractivity contribution in [2.75, 3.05) is 26.0 Å². The van der Waals surface area contributed by atoms with E-state index in [0.29, 0.717) is 24.6 Å². The first kappa shape index (κ1) is 14.3. The number of ether oxygens (including phenoxy) is 2. The van der Waals surface area contributed by atoms with E-state index in [1.807, 2.05) is 13.0 Å². The molecule has 1 aromatic rings. The molecule has 1 rings (SSSR count). The van der Waals surface area contributed by atoms with Crippen LogP contribution in [0, 0.1) is 6.92 Å². The molecule has 1 amide bonds. The summed E-state index contributed by atoms with van der Waals surface area (Å²) < 4.78 is 10.4. The maximum atomic E-state index is 11.7. The molecule has 0 spiro atoms. The lowest BCUT2D eigenvalue weighted by Crippen LogP contribution is -2.37. The minimum Gasteiger partial charge on any atom is -0.481 e. The molecule has 3 N–H and O–H groups in total. The van der Waals surface area contributed by atoms with Crippen LogP contribution in [-0.4, -0.2) is 32.3 Å². The molecule has 5 heteroatoms. The van der Waals surface area contributed by atoms with E-state index in [1.54, 1.807) is 26.2 Å². The highest BCUT2D eigenvalue weighted by Gasteiger charge is 2.14. The summed E-state index contributed by atoms with van der Waals surface area (Å²) >= 11 is 0. The van der Waals surface area contributed by atoms with Gasteiger partial charge in [0.1, 0.15) is 5.75 Å². The fourth-order valence-corrected chi connectivity index (χ4v) is 1.40. The topological polar surface area (TPSA) is 73.6 Å². The number of amides is 1. The van der Waals surface area contributed by atoms with Gasteiger partial charge in [0.05, 0.1) is 6.61 Å². The standard InChI is InChI=1S/C13H20N2O3/c1-9-8-11(4-5-12(9)14)18-10(2)13(16)15-6-7-17-3/h4-5,8,10H,6-7,14H2,1-3H3,(H,15,16). The van der Waals surface area contributed by atoms with E-state index in [-0.39, 0.29) is 5.91 Å². The Hall–Kier alpha value is -1.75. The van der Waals surface area contributed by atoms with Gasteiger partial charge in [-0.15, -0.1) is 0 Å². The Morgan fingerprint density at radius 1 is 1.50 bits per heavy atom. The molecule has 0 aliphatic rings. The van der Waals surface area contributed by atoms with Gasteiger partial charge in [-0.2, -0.15) is 0 Å². The van der Waals surface area contributed by atoms with Gasteiger partial charge in [-0.1, -0.05) is 0 Å². The number of nitrogens with one attached hydrogen (secondary N) is 1. The lowest BCUT2D eigenvalue weighted by molar-refractivity contribution is -0.127. The Bertz CT molecular complexity index is 407. The fourth-order valence-electron chi connectivity index (χ4n) is 1.40. The molecule has 0 aliphatic carbocycles. The lowest BCUT2D eigenvalue weighted by atomic mass is 10.2. The summed E-state index contributed by atoms with van der Waals surface area (Å²) in [6.07, 6.45) is -0.551. The van der Waals surface area contributed by atoms with Gasteiger partial charge in [0.2, 0.25) is 0 Å². The van der Waals surface area contributed by atoms with Gasteiger partial charge in [0.15, 0.2) is 6.10 Å². The number of nitrogen functional groups attached to an aromatic ring is 1. The molecule has 0 aromatic heterocycles. The molecular formula is C13H20N2O3. The summed E-state index contributed by atoms with van der Waals surface area (Å²) in [6.45, 7) is 4.56. The average molecular weight is 252 g/mol. The van der Waals surface area contributed by atoms with Crippen LogP contribution >= 0.6 is 0 Å². The van der Waals surface area contributed by atoms with E-state index in [0.717, 1.165) is 5.56 Å². The molecular weight excluding hydrogens is 232 g/mol. The van der Waals surface area contributed by atoms with Crippen molar-refractivity contribution in [1.82, 2.24) is 5.32 Å². The van der Waals surface area contributed by atoms with E-state index in [4.69, 9.17) is 15.2 Å². The zero-order valence-corrected chi connectivity index (χ0v) is 11.0. The second-order valence-electron chi connectivity index (χ2n) is 4.06. The molecule has 0 radical (unpaired) electrons. The summed E-state index contributed by atoms with van der Waals surface area (Å²) in [6, 6.07) is 5.33. The molecule has 0 aliphatic heterocycles. The van der Waals surface area contributed by atoms with Crippen LogP contribution in [0.25, 0.3) is 0 Å². The highest BCUT2D eigenvalue weighted by atomic mass is 16.5. The molecule has 100 valence electrons. The van der Waals surface area contributed by atoms with E-state index < -0.39 is 6.10 Å². The van der Waals surface area contributed by atoms with E-state index in [9.17, 15) is 4.79 Å². The fraction of sp³-hybridized carbons (Fsp3) is 0.462. The van der Waals surface area contributed by atoms with Crippen molar-refractivity contribution < 1.29 is 14.3 Å². The van der Waals surface area contributed by atoms with Gasteiger partial charge >= 0.3 is 0 Å². The van der Waals surface area contributed by atoms with Crippen molar-refractivity contribution in [2.45, 2.75) is 20.0 Å². The Balaban J connectivity index is 2.50. The van der Waals surface area contributed by atoms with Gasteiger partial charge < -0.3 is 20.5 Å². The van der Waals surface area contributed by atoms with Crippen LogP contribution in [0.2, 0.25) is 0 Å². The third-order valence-electron chi connectivity index (χ3n) is 2.53. The van der Waals surface area contributed by atoms with Gasteiger partial charge in [-0.25, -0.2) is 0 Å². The van der Waals surface area contributed by atoms with Crippen LogP contribution in [0.1, 0.15) is 12.5 Å². The Morgan fingerprint density at radius 2 is 2.22 bits per heavy atom. The van der Waals surface area contributed by atoms with Crippen LogP contribution in [-0.2, 0) is 9.53 Å². The SMILES string of the molecule is COCCNC(=O)C(C)Oc1ccc(N)c(C)c1. The highest BCUT2D eigenvalue weighted by Crippen LogP contribution is 2.19. The largest absolute Gasteiger partial charge is 0.481 e. The summed E-state index contributed by atoms with van der Waals surface area (Å²) in [7, 11) is 1.59. The van der Waals surface area contributed by atoms with Crippen molar-refractivity contribution in [2.24, 2.45) is 0 Å². The number of carbonyl (C=O) groups is 1. The Morgan fingerprint density at radius 3 is 2.83 bits per heavy atom. The molecule has 0 heterocycles. The number of benzene rings is 1. The second kappa shape index (κ2) is 6.86. The molecule has 5 nitrogen and oxygen atoms in total. The minimum absolute atomic E-state index is 0.165. The first-order valence-corrected chi connectivity index (χ1v) is 5.84. The number of carbonyl (C=O) groups excluding carboxylic acids is 1. The van der Waals surface area contributed by atoms with Gasteiger partial charge in [0.25, 0.3) is 5.91 Å². The lowest BCUT2D eigenvalue weighted by Gasteiger charge is -2.15. The number of nitrogens with two attached hydrogens (primary N) is 1. The number of aryl methyl sites for hydroxylation is 1. The molecule has 0 saturated heterocycles. The Kier molecular flexibility index (Phi) is 5.45. The van der Waals surface area contributed by atoms with E-state index in [1.165, 1.54) is 0 Å². The third kappa shape index (κ3) is 4.25. The predicted octanol–water partition coefficient (Wildman–Crippen LogP) is 1.11. The summed E-state index contributed by atoms with van der Waals surface area (Å²) in [5.74, 6) is 0.470. The van der Waals surface area contributed by atoms with E-state index in [2.05, 4.69) is 5.32 Å². The number of anilines is 1. The Labute approximate surface area is 107 Å². The molecule has 1 unspecified atom stereocenters. The van der Waals surface area contributed by atoms with Gasteiger partial charge in [-0.05, 0) is 37.6 Å². The zero-order valence-electron chi connectivity index (χ0n) is 11.0. The van der Waals surface area contributed by atoms with E-state index >= 15 is 0 Å². The summed E-state index contributed by atoms with van der Waals surface area (Å²) in [5, 5.41) is 2.72. The highest BCUT2D eigenvalue weighted by molar-refractivity contribution is 5.80. The van der Waals surface area contributed by atoms with Crippen LogP contribution < -0.4 is 15.8 Å². The first-order chi connectivity index (χ1) is 8.54. The van der Waals surface area contributed by atoms with Crippen molar-refractivity contribution in [1.29, 1.82) is 0 Å². The number of hydrogen-bond donors (Lipinski definition) is 2. The van der Waals surface area contributed by atoms with Crippen LogP contribution in [0.15, 0.2) is 18.2 Å². The van der Waals surface area contributed by atoms with Crippen molar-refractivity contribution in [3.63, 3.8) is 0 Å².